The number of fused-ring (bicyclic) bond motifs is 1. The Morgan fingerprint density at radius 3 is 2.32 bits per heavy atom. The van der Waals surface area contributed by atoms with Crippen LogP contribution in [0.15, 0.2) is 83.9 Å². The van der Waals surface area contributed by atoms with E-state index in [2.05, 4.69) is 16.5 Å². The van der Waals surface area contributed by atoms with Crippen molar-refractivity contribution in [1.82, 2.24) is 14.3 Å². The third-order valence-corrected chi connectivity index (χ3v) is 6.75. The predicted molar refractivity (Wildman–Crippen MR) is 147 cm³/mol. The number of carbonyl (C=O) groups is 1. The average molecular weight is 493 g/mol. The lowest BCUT2D eigenvalue weighted by molar-refractivity contribution is 0.0698. The Balaban J connectivity index is 1.60. The predicted octanol–water partition coefficient (Wildman–Crippen LogP) is 5.79. The van der Waals surface area contributed by atoms with Gasteiger partial charge in [-0.25, -0.2) is 4.79 Å². The van der Waals surface area contributed by atoms with Crippen LogP contribution in [-0.2, 0) is 14.1 Å². The van der Waals surface area contributed by atoms with Gasteiger partial charge >= 0.3 is 5.97 Å². The van der Waals surface area contributed by atoms with Crippen molar-refractivity contribution in [1.29, 1.82) is 0 Å². The van der Waals surface area contributed by atoms with Crippen molar-refractivity contribution in [3.05, 3.63) is 106 Å². The largest absolute Gasteiger partial charge is 0.478 e. The average Bonchev–Trinajstić information content (AvgIpc) is 3.32. The molecule has 3 aromatic carbocycles. The summed E-state index contributed by atoms with van der Waals surface area (Å²) in [5.41, 5.74) is 6.37. The molecule has 5 aromatic rings. The molecule has 0 bridgehead atoms. The summed E-state index contributed by atoms with van der Waals surface area (Å²) in [4.78, 5) is 25.2. The van der Waals surface area contributed by atoms with E-state index in [0.29, 0.717) is 11.1 Å². The fraction of sp³-hybridized carbons (Fsp3) is 0.167. The van der Waals surface area contributed by atoms with E-state index in [0.717, 1.165) is 38.9 Å². The third-order valence-electron chi connectivity index (χ3n) is 6.75. The molecule has 1 atom stereocenters. The molecule has 0 radical (unpaired) electrons. The van der Waals surface area contributed by atoms with Crippen molar-refractivity contribution in [2.75, 3.05) is 5.32 Å². The van der Waals surface area contributed by atoms with E-state index in [4.69, 9.17) is 0 Å². The van der Waals surface area contributed by atoms with Crippen LogP contribution in [0.25, 0.3) is 33.2 Å². The summed E-state index contributed by atoms with van der Waals surface area (Å²) in [5, 5.41) is 18.7. The number of aromatic nitrogens is 3. The van der Waals surface area contributed by atoms with Gasteiger partial charge < -0.3 is 15.0 Å². The van der Waals surface area contributed by atoms with Crippen molar-refractivity contribution in [2.24, 2.45) is 14.1 Å². The van der Waals surface area contributed by atoms with E-state index < -0.39 is 5.97 Å². The first-order valence-corrected chi connectivity index (χ1v) is 12.1. The van der Waals surface area contributed by atoms with Gasteiger partial charge in [-0.3, -0.25) is 9.48 Å². The molecule has 0 fully saturated rings. The SMILES string of the molecule is Cc1cc(C(C)Nc2ccccc2C(=O)O)c2cc(-c3ccc(-c4cnn(C)c4)cc3)n(C)c(=O)c2c1. The van der Waals surface area contributed by atoms with Gasteiger partial charge in [0, 0.05) is 43.0 Å². The highest BCUT2D eigenvalue weighted by Gasteiger charge is 2.18. The zero-order chi connectivity index (χ0) is 26.3. The molecule has 0 aliphatic heterocycles. The van der Waals surface area contributed by atoms with Crippen molar-refractivity contribution >= 4 is 22.4 Å². The number of carboxylic acids is 1. The molecule has 2 heterocycles. The van der Waals surface area contributed by atoms with Gasteiger partial charge in [-0.2, -0.15) is 5.10 Å². The van der Waals surface area contributed by atoms with Crippen molar-refractivity contribution in [3.8, 4) is 22.4 Å². The van der Waals surface area contributed by atoms with Crippen LogP contribution in [0.5, 0.6) is 0 Å². The summed E-state index contributed by atoms with van der Waals surface area (Å²) < 4.78 is 3.45. The zero-order valence-corrected chi connectivity index (χ0v) is 21.2. The first-order valence-electron chi connectivity index (χ1n) is 12.1. The van der Waals surface area contributed by atoms with E-state index in [9.17, 15) is 14.7 Å². The highest BCUT2D eigenvalue weighted by molar-refractivity contribution is 5.94. The summed E-state index contributed by atoms with van der Waals surface area (Å²) in [6.45, 7) is 3.94. The van der Waals surface area contributed by atoms with Gasteiger partial charge in [0.05, 0.1) is 17.5 Å². The number of rotatable bonds is 6. The third kappa shape index (κ3) is 4.51. The molecule has 5 rings (SSSR count). The van der Waals surface area contributed by atoms with Gasteiger partial charge in [-0.05, 0) is 65.8 Å². The molecule has 2 aromatic heterocycles. The maximum Gasteiger partial charge on any atom is 0.337 e. The lowest BCUT2D eigenvalue weighted by atomic mass is 9.95. The molecule has 0 aliphatic carbocycles. The highest BCUT2D eigenvalue weighted by atomic mass is 16.4. The van der Waals surface area contributed by atoms with Gasteiger partial charge in [0.2, 0.25) is 0 Å². The summed E-state index contributed by atoms with van der Waals surface area (Å²) in [6, 6.07) is 20.7. The first kappa shape index (κ1) is 24.1. The van der Waals surface area contributed by atoms with Crippen LogP contribution in [0, 0.1) is 6.92 Å². The number of pyridine rings is 1. The van der Waals surface area contributed by atoms with Crippen LogP contribution in [0.2, 0.25) is 0 Å². The second-order valence-electron chi connectivity index (χ2n) is 9.41. The van der Waals surface area contributed by atoms with Crippen LogP contribution in [0.4, 0.5) is 5.69 Å². The maximum absolute atomic E-state index is 13.5. The maximum atomic E-state index is 13.5. The molecule has 7 heteroatoms. The number of nitrogens with zero attached hydrogens (tertiary/aromatic N) is 3. The van der Waals surface area contributed by atoms with Crippen molar-refractivity contribution < 1.29 is 9.90 Å². The molecular weight excluding hydrogens is 464 g/mol. The Morgan fingerprint density at radius 2 is 1.65 bits per heavy atom. The summed E-state index contributed by atoms with van der Waals surface area (Å²) >= 11 is 0. The molecule has 186 valence electrons. The highest BCUT2D eigenvalue weighted by Crippen LogP contribution is 2.32. The number of benzene rings is 3. The molecule has 0 saturated carbocycles. The number of anilines is 1. The molecule has 1 unspecified atom stereocenters. The fourth-order valence-electron chi connectivity index (χ4n) is 4.83. The molecule has 0 aliphatic rings. The number of hydrogen-bond acceptors (Lipinski definition) is 4. The van der Waals surface area contributed by atoms with Crippen LogP contribution in [0.3, 0.4) is 0 Å². The van der Waals surface area contributed by atoms with Gasteiger partial charge in [-0.15, -0.1) is 0 Å². The van der Waals surface area contributed by atoms with E-state index in [1.807, 2.05) is 69.7 Å². The molecule has 0 spiro atoms. The second kappa shape index (κ2) is 9.43. The van der Waals surface area contributed by atoms with Crippen LogP contribution in [0.1, 0.15) is 34.5 Å². The number of hydrogen-bond donors (Lipinski definition) is 2. The standard InChI is InChI=1S/C30H28N4O3/c1-18-13-24(19(2)32-27-8-6-5-7-23(27)30(36)37)25-15-28(34(4)29(35)26(25)14-18)21-11-9-20(10-12-21)22-16-31-33(3)17-22/h5-17,19,32H,1-4H3,(H,36,37). The van der Waals surface area contributed by atoms with Crippen molar-refractivity contribution in [3.63, 3.8) is 0 Å². The lowest BCUT2D eigenvalue weighted by Crippen LogP contribution is -2.20. The molecule has 7 nitrogen and oxygen atoms in total. The zero-order valence-electron chi connectivity index (χ0n) is 21.2. The molecule has 37 heavy (non-hydrogen) atoms. The minimum Gasteiger partial charge on any atom is -0.478 e. The Hall–Kier alpha value is -4.65. The quantitative estimate of drug-likeness (QED) is 0.313. The van der Waals surface area contributed by atoms with Gasteiger partial charge in [0.15, 0.2) is 0 Å². The lowest BCUT2D eigenvalue weighted by Gasteiger charge is -2.21. The molecular formula is C30H28N4O3. The Kier molecular flexibility index (Phi) is 6.13. The van der Waals surface area contributed by atoms with E-state index in [1.165, 1.54) is 0 Å². The van der Waals surface area contributed by atoms with Crippen LogP contribution in [-0.4, -0.2) is 25.4 Å². The Morgan fingerprint density at radius 1 is 0.946 bits per heavy atom. The van der Waals surface area contributed by atoms with Crippen LogP contribution >= 0.6 is 0 Å². The van der Waals surface area contributed by atoms with E-state index in [-0.39, 0.29) is 17.2 Å². The topological polar surface area (TPSA) is 89.2 Å². The van der Waals surface area contributed by atoms with Gasteiger partial charge in [0.25, 0.3) is 5.56 Å². The molecule has 2 N–H and O–H groups in total. The first-order chi connectivity index (χ1) is 17.7. The summed E-state index contributed by atoms with van der Waals surface area (Å²) in [5.74, 6) is -0.990. The van der Waals surface area contributed by atoms with Crippen LogP contribution < -0.4 is 10.9 Å². The fourth-order valence-corrected chi connectivity index (χ4v) is 4.83. The smallest absolute Gasteiger partial charge is 0.337 e. The van der Waals surface area contributed by atoms with Crippen molar-refractivity contribution in [2.45, 2.75) is 19.9 Å². The molecule has 0 saturated heterocycles. The minimum absolute atomic E-state index is 0.0769. The van der Waals surface area contributed by atoms with E-state index in [1.54, 1.807) is 40.6 Å². The minimum atomic E-state index is -0.990. The Bertz CT molecular complexity index is 1700. The number of carboxylic acid groups (broad SMARTS) is 1. The summed E-state index contributed by atoms with van der Waals surface area (Å²) in [6.07, 6.45) is 3.79. The summed E-state index contributed by atoms with van der Waals surface area (Å²) in [7, 11) is 3.68. The normalized spacial score (nSPS) is 12.0. The number of nitrogens with one attached hydrogen (secondary N) is 1. The van der Waals surface area contributed by atoms with E-state index >= 15 is 0 Å². The number of para-hydroxylation sites is 1. The second-order valence-corrected chi connectivity index (χ2v) is 9.41. The molecule has 0 amide bonds. The van der Waals surface area contributed by atoms with Gasteiger partial charge in [0.1, 0.15) is 0 Å². The number of aromatic carboxylic acids is 1. The van der Waals surface area contributed by atoms with Gasteiger partial charge in [-0.1, -0.05) is 42.5 Å². The Labute approximate surface area is 214 Å². The number of aryl methyl sites for hydroxylation is 2. The monoisotopic (exact) mass is 492 g/mol.